The number of amides is 2. The molecule has 29 heavy (non-hydrogen) atoms. The van der Waals surface area contributed by atoms with E-state index in [1.54, 1.807) is 42.5 Å². The zero-order valence-corrected chi connectivity index (χ0v) is 15.7. The van der Waals surface area contributed by atoms with Crippen LogP contribution in [0.3, 0.4) is 0 Å². The van der Waals surface area contributed by atoms with E-state index in [1.807, 2.05) is 35.3 Å². The zero-order valence-electron chi connectivity index (χ0n) is 15.7. The lowest BCUT2D eigenvalue weighted by Crippen LogP contribution is -2.46. The van der Waals surface area contributed by atoms with Crippen molar-refractivity contribution in [1.82, 2.24) is 10.0 Å². The van der Waals surface area contributed by atoms with E-state index < -0.39 is 17.8 Å². The summed E-state index contributed by atoms with van der Waals surface area (Å²) in [7, 11) is 0. The van der Waals surface area contributed by atoms with Gasteiger partial charge in [0.2, 0.25) is 0 Å². The van der Waals surface area contributed by atoms with Crippen LogP contribution in [0.25, 0.3) is 0 Å². The molecule has 1 saturated heterocycles. The van der Waals surface area contributed by atoms with Gasteiger partial charge < -0.3 is 0 Å². The fourth-order valence-electron chi connectivity index (χ4n) is 4.50. The SMILES string of the molecule is O=C(c1ccccc1)N1C(=O)[C@@H](c2ccccc2F)[C@@H]2c3ccccc3CCN21. The average molecular weight is 386 g/mol. The molecule has 5 heteroatoms. The highest BCUT2D eigenvalue weighted by Gasteiger charge is 2.53. The fraction of sp³-hybridized carbons (Fsp3) is 0.167. The molecule has 1 fully saturated rings. The first-order valence-electron chi connectivity index (χ1n) is 9.69. The van der Waals surface area contributed by atoms with E-state index in [9.17, 15) is 14.0 Å². The first-order chi connectivity index (χ1) is 14.2. The molecule has 2 amide bonds. The molecule has 0 unspecified atom stereocenters. The Bertz CT molecular complexity index is 1100. The second-order valence-corrected chi connectivity index (χ2v) is 7.38. The van der Waals surface area contributed by atoms with Gasteiger partial charge in [0.1, 0.15) is 5.82 Å². The van der Waals surface area contributed by atoms with Crippen molar-refractivity contribution >= 4 is 11.8 Å². The van der Waals surface area contributed by atoms with Gasteiger partial charge >= 0.3 is 0 Å². The molecule has 5 rings (SSSR count). The number of nitrogens with zero attached hydrogens (tertiary/aromatic N) is 2. The number of hydrazine groups is 1. The molecule has 0 aliphatic carbocycles. The summed E-state index contributed by atoms with van der Waals surface area (Å²) in [5.41, 5.74) is 2.88. The van der Waals surface area contributed by atoms with Gasteiger partial charge in [-0.1, -0.05) is 60.7 Å². The number of imide groups is 1. The first-order valence-corrected chi connectivity index (χ1v) is 9.69. The van der Waals surface area contributed by atoms with Gasteiger partial charge in [0.25, 0.3) is 11.8 Å². The minimum Gasteiger partial charge on any atom is -0.272 e. The summed E-state index contributed by atoms with van der Waals surface area (Å²) >= 11 is 0. The van der Waals surface area contributed by atoms with Gasteiger partial charge in [-0.05, 0) is 35.7 Å². The van der Waals surface area contributed by atoms with Crippen LogP contribution in [0.15, 0.2) is 78.9 Å². The third kappa shape index (κ3) is 2.77. The van der Waals surface area contributed by atoms with Gasteiger partial charge in [-0.15, -0.1) is 0 Å². The van der Waals surface area contributed by atoms with Crippen LogP contribution in [0, 0.1) is 5.82 Å². The summed E-state index contributed by atoms with van der Waals surface area (Å²) < 4.78 is 14.7. The number of rotatable bonds is 2. The number of carbonyl (C=O) groups excluding carboxylic acids is 2. The number of hydrogen-bond acceptors (Lipinski definition) is 3. The lowest BCUT2D eigenvalue weighted by atomic mass is 9.83. The maximum atomic E-state index is 14.7. The normalized spacial score (nSPS) is 21.0. The van der Waals surface area contributed by atoms with Crippen molar-refractivity contribution in [3.63, 3.8) is 0 Å². The highest BCUT2D eigenvalue weighted by molar-refractivity contribution is 6.07. The Morgan fingerprint density at radius 1 is 0.862 bits per heavy atom. The van der Waals surface area contributed by atoms with Gasteiger partial charge in [-0.2, -0.15) is 0 Å². The zero-order chi connectivity index (χ0) is 20.0. The van der Waals surface area contributed by atoms with Crippen LogP contribution in [0.4, 0.5) is 4.39 Å². The standard InChI is InChI=1S/C24H19FN2O2/c25-20-13-7-6-12-19(20)21-22-18-11-5-4-8-16(18)14-15-26(22)27(24(21)29)23(28)17-9-2-1-3-10-17/h1-13,21-22H,14-15H2/t21-,22-/m0/s1. The van der Waals surface area contributed by atoms with Gasteiger partial charge in [0.05, 0.1) is 12.0 Å². The van der Waals surface area contributed by atoms with Crippen molar-refractivity contribution in [2.45, 2.75) is 18.4 Å². The van der Waals surface area contributed by atoms with E-state index in [0.29, 0.717) is 17.7 Å². The van der Waals surface area contributed by atoms with Gasteiger partial charge in [0, 0.05) is 17.7 Å². The third-order valence-corrected chi connectivity index (χ3v) is 5.81. The molecule has 0 radical (unpaired) electrons. The second kappa shape index (κ2) is 6.94. The molecule has 2 aliphatic rings. The monoisotopic (exact) mass is 386 g/mol. The summed E-state index contributed by atoms with van der Waals surface area (Å²) in [5, 5.41) is 3.05. The fourth-order valence-corrected chi connectivity index (χ4v) is 4.50. The average Bonchev–Trinajstić information content (AvgIpc) is 3.06. The highest BCUT2D eigenvalue weighted by Crippen LogP contribution is 2.48. The molecule has 2 atom stereocenters. The number of fused-ring (bicyclic) bond motifs is 3. The molecule has 0 saturated carbocycles. The molecule has 2 aliphatic heterocycles. The predicted molar refractivity (Wildman–Crippen MR) is 106 cm³/mol. The molecule has 2 heterocycles. The molecule has 144 valence electrons. The van der Waals surface area contributed by atoms with Crippen LogP contribution >= 0.6 is 0 Å². The van der Waals surface area contributed by atoms with Crippen LogP contribution in [0.1, 0.15) is 39.0 Å². The Labute approximate surface area is 168 Å². The Kier molecular flexibility index (Phi) is 4.25. The maximum absolute atomic E-state index is 14.7. The Hall–Kier alpha value is -3.31. The van der Waals surface area contributed by atoms with Crippen LogP contribution in [0.5, 0.6) is 0 Å². The summed E-state index contributed by atoms with van der Waals surface area (Å²) in [4.78, 5) is 26.8. The highest BCUT2D eigenvalue weighted by atomic mass is 19.1. The minimum absolute atomic E-state index is 0.326. The van der Waals surface area contributed by atoms with Gasteiger partial charge in [0.15, 0.2) is 0 Å². The van der Waals surface area contributed by atoms with E-state index >= 15 is 0 Å². The topological polar surface area (TPSA) is 40.6 Å². The lowest BCUT2D eigenvalue weighted by molar-refractivity contribution is -0.134. The number of halogens is 1. The van der Waals surface area contributed by atoms with Crippen LogP contribution in [0.2, 0.25) is 0 Å². The molecule has 4 nitrogen and oxygen atoms in total. The van der Waals surface area contributed by atoms with E-state index in [2.05, 4.69) is 0 Å². The van der Waals surface area contributed by atoms with Crippen molar-refractivity contribution in [1.29, 1.82) is 0 Å². The number of carbonyl (C=O) groups is 2. The Morgan fingerprint density at radius 3 is 2.28 bits per heavy atom. The van der Waals surface area contributed by atoms with Gasteiger partial charge in [-0.3, -0.25) is 9.59 Å². The van der Waals surface area contributed by atoms with Crippen molar-refractivity contribution in [3.05, 3.63) is 107 Å². The quantitative estimate of drug-likeness (QED) is 0.623. The molecular formula is C24H19FN2O2. The second-order valence-electron chi connectivity index (χ2n) is 7.38. The van der Waals surface area contributed by atoms with Crippen molar-refractivity contribution in [2.24, 2.45) is 0 Å². The Morgan fingerprint density at radius 2 is 1.52 bits per heavy atom. The molecule has 0 bridgehead atoms. The number of hydrogen-bond donors (Lipinski definition) is 0. The number of benzene rings is 3. The molecule has 0 N–H and O–H groups in total. The van der Waals surface area contributed by atoms with Crippen molar-refractivity contribution in [2.75, 3.05) is 6.54 Å². The van der Waals surface area contributed by atoms with E-state index in [4.69, 9.17) is 0 Å². The van der Waals surface area contributed by atoms with Crippen molar-refractivity contribution in [3.8, 4) is 0 Å². The maximum Gasteiger partial charge on any atom is 0.275 e. The van der Waals surface area contributed by atoms with Crippen LogP contribution < -0.4 is 0 Å². The molecule has 3 aromatic carbocycles. The minimum atomic E-state index is -0.773. The first kappa shape index (κ1) is 17.8. The summed E-state index contributed by atoms with van der Waals surface area (Å²) in [6.45, 7) is 0.525. The largest absolute Gasteiger partial charge is 0.275 e. The molecule has 0 aromatic heterocycles. The Balaban J connectivity index is 1.66. The van der Waals surface area contributed by atoms with E-state index in [1.165, 1.54) is 11.1 Å². The van der Waals surface area contributed by atoms with Crippen LogP contribution in [-0.4, -0.2) is 28.4 Å². The summed E-state index contributed by atoms with van der Waals surface area (Å²) in [6.07, 6.45) is 0.725. The summed E-state index contributed by atoms with van der Waals surface area (Å²) in [5.74, 6) is -1.96. The molecule has 0 spiro atoms. The third-order valence-electron chi connectivity index (χ3n) is 5.81. The summed E-state index contributed by atoms with van der Waals surface area (Å²) in [6, 6.07) is 22.6. The van der Waals surface area contributed by atoms with Gasteiger partial charge in [-0.25, -0.2) is 14.4 Å². The van der Waals surface area contributed by atoms with E-state index in [-0.39, 0.29) is 11.8 Å². The van der Waals surface area contributed by atoms with E-state index in [0.717, 1.165) is 17.5 Å². The predicted octanol–water partition coefficient (Wildman–Crippen LogP) is 4.11. The van der Waals surface area contributed by atoms with Crippen LogP contribution in [-0.2, 0) is 11.2 Å². The molecule has 3 aromatic rings. The smallest absolute Gasteiger partial charge is 0.272 e. The lowest BCUT2D eigenvalue weighted by Gasteiger charge is -2.36. The van der Waals surface area contributed by atoms with Crippen molar-refractivity contribution < 1.29 is 14.0 Å². The molecular weight excluding hydrogens is 367 g/mol.